The molecule has 0 aromatic heterocycles. The second-order valence-corrected chi connectivity index (χ2v) is 5.67. The van der Waals surface area contributed by atoms with E-state index in [0.717, 1.165) is 30.0 Å². The number of hydrogen-bond donors (Lipinski definition) is 0. The van der Waals surface area contributed by atoms with Gasteiger partial charge >= 0.3 is 0 Å². The molecule has 0 aliphatic carbocycles. The van der Waals surface area contributed by atoms with Gasteiger partial charge in [0.2, 0.25) is 0 Å². The van der Waals surface area contributed by atoms with Crippen molar-refractivity contribution in [1.29, 1.82) is 5.26 Å². The highest BCUT2D eigenvalue weighted by molar-refractivity contribution is 5.37. The molecule has 3 nitrogen and oxygen atoms in total. The summed E-state index contributed by atoms with van der Waals surface area (Å²) in [7, 11) is 1.69. The lowest BCUT2D eigenvalue weighted by molar-refractivity contribution is 0.248. The van der Waals surface area contributed by atoms with Crippen LogP contribution in [0.5, 0.6) is 5.75 Å². The molecule has 1 aliphatic rings. The van der Waals surface area contributed by atoms with Crippen LogP contribution >= 0.6 is 0 Å². The number of rotatable bonds is 4. The van der Waals surface area contributed by atoms with Crippen LogP contribution in [0, 0.1) is 11.3 Å². The van der Waals surface area contributed by atoms with Crippen LogP contribution in [0.3, 0.4) is 0 Å². The maximum Gasteiger partial charge on any atom is 0.118 e. The lowest BCUT2D eigenvalue weighted by atomic mass is 10.0. The SMILES string of the molecule is COc1ccc(C2CCCN2Cc2ccccc2C#N)cc1. The van der Waals surface area contributed by atoms with Crippen molar-refractivity contribution >= 4 is 0 Å². The zero-order chi connectivity index (χ0) is 15.4. The van der Waals surface area contributed by atoms with Crippen molar-refractivity contribution < 1.29 is 4.74 Å². The summed E-state index contributed by atoms with van der Waals surface area (Å²) in [6.07, 6.45) is 2.37. The van der Waals surface area contributed by atoms with Gasteiger partial charge in [0.1, 0.15) is 5.75 Å². The molecule has 2 aromatic rings. The molecule has 112 valence electrons. The summed E-state index contributed by atoms with van der Waals surface area (Å²) >= 11 is 0. The van der Waals surface area contributed by atoms with Gasteiger partial charge in [-0.25, -0.2) is 0 Å². The topological polar surface area (TPSA) is 36.3 Å². The van der Waals surface area contributed by atoms with Crippen molar-refractivity contribution in [3.8, 4) is 11.8 Å². The van der Waals surface area contributed by atoms with Crippen LogP contribution in [0.15, 0.2) is 48.5 Å². The third-order valence-corrected chi connectivity index (χ3v) is 4.38. The fourth-order valence-corrected chi connectivity index (χ4v) is 3.20. The highest BCUT2D eigenvalue weighted by atomic mass is 16.5. The van der Waals surface area contributed by atoms with E-state index in [4.69, 9.17) is 4.74 Å². The summed E-state index contributed by atoms with van der Waals surface area (Å²) in [5.41, 5.74) is 3.22. The molecular formula is C19H20N2O. The van der Waals surface area contributed by atoms with Gasteiger partial charge in [0.05, 0.1) is 18.7 Å². The van der Waals surface area contributed by atoms with Crippen LogP contribution in [-0.4, -0.2) is 18.6 Å². The van der Waals surface area contributed by atoms with E-state index in [1.165, 1.54) is 18.4 Å². The molecule has 1 aliphatic heterocycles. The second-order valence-electron chi connectivity index (χ2n) is 5.67. The Morgan fingerprint density at radius 2 is 1.95 bits per heavy atom. The summed E-state index contributed by atoms with van der Waals surface area (Å²) in [4.78, 5) is 2.47. The number of ether oxygens (including phenoxy) is 1. The number of hydrogen-bond acceptors (Lipinski definition) is 3. The summed E-state index contributed by atoms with van der Waals surface area (Å²) in [6, 6.07) is 19.0. The van der Waals surface area contributed by atoms with Crippen molar-refractivity contribution in [2.24, 2.45) is 0 Å². The molecule has 3 rings (SSSR count). The van der Waals surface area contributed by atoms with Crippen molar-refractivity contribution in [2.45, 2.75) is 25.4 Å². The quantitative estimate of drug-likeness (QED) is 0.857. The van der Waals surface area contributed by atoms with Crippen LogP contribution in [0.1, 0.15) is 35.6 Å². The van der Waals surface area contributed by atoms with E-state index in [0.29, 0.717) is 6.04 Å². The van der Waals surface area contributed by atoms with Gasteiger partial charge in [-0.05, 0) is 48.7 Å². The highest BCUT2D eigenvalue weighted by Crippen LogP contribution is 2.34. The minimum absolute atomic E-state index is 0.428. The van der Waals surface area contributed by atoms with Gasteiger partial charge in [-0.2, -0.15) is 5.26 Å². The zero-order valence-corrected chi connectivity index (χ0v) is 12.8. The van der Waals surface area contributed by atoms with Gasteiger partial charge in [-0.1, -0.05) is 30.3 Å². The predicted octanol–water partition coefficient (Wildman–Crippen LogP) is 3.90. The lowest BCUT2D eigenvalue weighted by Gasteiger charge is -2.25. The Kier molecular flexibility index (Phi) is 4.41. The molecule has 1 saturated heterocycles. The third kappa shape index (κ3) is 2.98. The molecule has 0 saturated carbocycles. The number of likely N-dealkylation sites (tertiary alicyclic amines) is 1. The minimum Gasteiger partial charge on any atom is -0.497 e. The van der Waals surface area contributed by atoms with E-state index in [1.807, 2.05) is 30.3 Å². The highest BCUT2D eigenvalue weighted by Gasteiger charge is 2.26. The molecule has 0 bridgehead atoms. The normalized spacial score (nSPS) is 18.1. The Hall–Kier alpha value is -2.31. The van der Waals surface area contributed by atoms with E-state index in [2.05, 4.69) is 29.2 Å². The molecule has 1 heterocycles. The van der Waals surface area contributed by atoms with Gasteiger partial charge in [0, 0.05) is 12.6 Å². The Morgan fingerprint density at radius 1 is 1.18 bits per heavy atom. The van der Waals surface area contributed by atoms with Crippen molar-refractivity contribution in [3.63, 3.8) is 0 Å². The van der Waals surface area contributed by atoms with Crippen LogP contribution in [0.25, 0.3) is 0 Å². The maximum atomic E-state index is 9.25. The van der Waals surface area contributed by atoms with E-state index >= 15 is 0 Å². The molecule has 1 atom stereocenters. The van der Waals surface area contributed by atoms with Gasteiger partial charge in [0.15, 0.2) is 0 Å². The molecule has 1 unspecified atom stereocenters. The standard InChI is InChI=1S/C19H20N2O/c1-22-18-10-8-15(9-11-18)19-7-4-12-21(19)14-17-6-3-2-5-16(17)13-20/h2-3,5-6,8-11,19H,4,7,12,14H2,1H3. The average molecular weight is 292 g/mol. The fourth-order valence-electron chi connectivity index (χ4n) is 3.20. The molecule has 2 aromatic carbocycles. The lowest BCUT2D eigenvalue weighted by Crippen LogP contribution is -2.23. The van der Waals surface area contributed by atoms with Crippen LogP contribution in [0.4, 0.5) is 0 Å². The van der Waals surface area contributed by atoms with Gasteiger partial charge in [-0.15, -0.1) is 0 Å². The van der Waals surface area contributed by atoms with Crippen molar-refractivity contribution in [3.05, 3.63) is 65.2 Å². The Balaban J connectivity index is 1.79. The van der Waals surface area contributed by atoms with Gasteiger partial charge in [-0.3, -0.25) is 4.90 Å². The fraction of sp³-hybridized carbons (Fsp3) is 0.316. The summed E-state index contributed by atoms with van der Waals surface area (Å²) in [5, 5.41) is 9.25. The summed E-state index contributed by atoms with van der Waals surface area (Å²) < 4.78 is 5.23. The molecule has 0 N–H and O–H groups in total. The number of nitrogens with zero attached hydrogens (tertiary/aromatic N) is 2. The van der Waals surface area contributed by atoms with Gasteiger partial charge in [0.25, 0.3) is 0 Å². The van der Waals surface area contributed by atoms with Crippen LogP contribution in [-0.2, 0) is 6.54 Å². The Bertz CT molecular complexity index is 673. The molecule has 0 spiro atoms. The number of methoxy groups -OCH3 is 1. The van der Waals surface area contributed by atoms with Crippen molar-refractivity contribution in [2.75, 3.05) is 13.7 Å². The first-order valence-electron chi connectivity index (χ1n) is 7.68. The van der Waals surface area contributed by atoms with E-state index in [1.54, 1.807) is 7.11 Å². The smallest absolute Gasteiger partial charge is 0.118 e. The van der Waals surface area contributed by atoms with E-state index in [-0.39, 0.29) is 0 Å². The Morgan fingerprint density at radius 3 is 2.68 bits per heavy atom. The van der Waals surface area contributed by atoms with Gasteiger partial charge < -0.3 is 4.74 Å². The zero-order valence-electron chi connectivity index (χ0n) is 12.8. The number of benzene rings is 2. The average Bonchev–Trinajstić information content (AvgIpc) is 3.03. The summed E-state index contributed by atoms with van der Waals surface area (Å²) in [6.45, 7) is 1.91. The number of nitriles is 1. The monoisotopic (exact) mass is 292 g/mol. The minimum atomic E-state index is 0.428. The first-order valence-corrected chi connectivity index (χ1v) is 7.68. The molecular weight excluding hydrogens is 272 g/mol. The van der Waals surface area contributed by atoms with E-state index < -0.39 is 0 Å². The molecule has 1 fully saturated rings. The van der Waals surface area contributed by atoms with E-state index in [9.17, 15) is 5.26 Å². The first kappa shape index (κ1) is 14.6. The second kappa shape index (κ2) is 6.64. The summed E-state index contributed by atoms with van der Waals surface area (Å²) in [5.74, 6) is 0.892. The Labute approximate surface area is 131 Å². The molecule has 0 radical (unpaired) electrons. The third-order valence-electron chi connectivity index (χ3n) is 4.38. The molecule has 0 amide bonds. The largest absolute Gasteiger partial charge is 0.497 e. The molecule has 3 heteroatoms. The van der Waals surface area contributed by atoms with Crippen LogP contribution < -0.4 is 4.74 Å². The molecule has 22 heavy (non-hydrogen) atoms. The first-order chi connectivity index (χ1) is 10.8. The van der Waals surface area contributed by atoms with Crippen LogP contribution in [0.2, 0.25) is 0 Å². The predicted molar refractivity (Wildman–Crippen MR) is 86.5 cm³/mol. The van der Waals surface area contributed by atoms with Crippen molar-refractivity contribution in [1.82, 2.24) is 4.90 Å². The maximum absolute atomic E-state index is 9.25.